The van der Waals surface area contributed by atoms with E-state index < -0.39 is 10.2 Å². The first kappa shape index (κ1) is 16.2. The van der Waals surface area contributed by atoms with Crippen LogP contribution in [0.2, 0.25) is 0 Å². The van der Waals surface area contributed by atoms with E-state index in [2.05, 4.69) is 0 Å². The smallest absolute Gasteiger partial charge is 0.282 e. The molecule has 0 aromatic carbocycles. The van der Waals surface area contributed by atoms with Crippen LogP contribution < -0.4 is 0 Å². The predicted molar refractivity (Wildman–Crippen MR) is 79.6 cm³/mol. The minimum atomic E-state index is -3.32. The van der Waals surface area contributed by atoms with E-state index in [1.54, 1.807) is 8.61 Å². The van der Waals surface area contributed by atoms with Crippen LogP contribution in [0.15, 0.2) is 0 Å². The van der Waals surface area contributed by atoms with Gasteiger partial charge in [-0.1, -0.05) is 26.2 Å². The van der Waals surface area contributed by atoms with E-state index in [0.717, 1.165) is 38.5 Å². The molecule has 0 unspecified atom stereocenters. The standard InChI is InChI=1S/C14H28N2O3S/c1-2-16(14-6-4-3-5-7-14)20(18,19)15-10-8-13(12-17)9-11-15/h13-14,17H,2-12H2,1H3. The zero-order valence-electron chi connectivity index (χ0n) is 12.5. The van der Waals surface area contributed by atoms with Gasteiger partial charge in [0.1, 0.15) is 0 Å². The fourth-order valence-corrected chi connectivity index (χ4v) is 5.33. The second-order valence-corrected chi connectivity index (χ2v) is 7.91. The van der Waals surface area contributed by atoms with Crippen molar-refractivity contribution in [3.05, 3.63) is 0 Å². The topological polar surface area (TPSA) is 60.9 Å². The Hall–Kier alpha value is -0.170. The normalized spacial score (nSPS) is 24.4. The van der Waals surface area contributed by atoms with Crippen molar-refractivity contribution in [2.24, 2.45) is 5.92 Å². The molecule has 1 aliphatic carbocycles. The van der Waals surface area contributed by atoms with Crippen molar-refractivity contribution in [3.8, 4) is 0 Å². The van der Waals surface area contributed by atoms with Crippen LogP contribution in [0.5, 0.6) is 0 Å². The molecule has 2 rings (SSSR count). The fraction of sp³-hybridized carbons (Fsp3) is 1.00. The summed E-state index contributed by atoms with van der Waals surface area (Å²) in [4.78, 5) is 0. The van der Waals surface area contributed by atoms with Crippen LogP contribution in [-0.4, -0.2) is 54.4 Å². The molecule has 1 heterocycles. The molecule has 0 bridgehead atoms. The average molecular weight is 304 g/mol. The molecule has 6 heteroatoms. The summed E-state index contributed by atoms with van der Waals surface area (Å²) in [5.74, 6) is 0.270. The second kappa shape index (κ2) is 7.20. The SMILES string of the molecule is CCN(C1CCCCC1)S(=O)(=O)N1CCC(CO)CC1. The first-order valence-corrected chi connectivity index (χ1v) is 9.37. The Morgan fingerprint density at radius 1 is 1.10 bits per heavy atom. The van der Waals surface area contributed by atoms with Gasteiger partial charge >= 0.3 is 0 Å². The number of nitrogens with zero attached hydrogens (tertiary/aromatic N) is 2. The zero-order chi connectivity index (χ0) is 14.6. The van der Waals surface area contributed by atoms with Gasteiger partial charge in [-0.15, -0.1) is 0 Å². The molecular weight excluding hydrogens is 276 g/mol. The first-order chi connectivity index (χ1) is 9.59. The maximum Gasteiger partial charge on any atom is 0.282 e. The van der Waals surface area contributed by atoms with Gasteiger partial charge < -0.3 is 5.11 Å². The molecule has 0 atom stereocenters. The number of piperidine rings is 1. The Balaban J connectivity index is 2.03. The Morgan fingerprint density at radius 3 is 2.20 bits per heavy atom. The van der Waals surface area contributed by atoms with Crippen LogP contribution in [0.1, 0.15) is 51.9 Å². The van der Waals surface area contributed by atoms with Crippen LogP contribution in [-0.2, 0) is 10.2 Å². The van der Waals surface area contributed by atoms with Crippen LogP contribution >= 0.6 is 0 Å². The van der Waals surface area contributed by atoms with Crippen LogP contribution in [0.4, 0.5) is 0 Å². The number of hydrogen-bond acceptors (Lipinski definition) is 3. The van der Waals surface area contributed by atoms with Crippen molar-refractivity contribution in [3.63, 3.8) is 0 Å². The van der Waals surface area contributed by atoms with Gasteiger partial charge in [0.2, 0.25) is 0 Å². The molecule has 0 spiro atoms. The van der Waals surface area contributed by atoms with E-state index in [9.17, 15) is 8.42 Å². The van der Waals surface area contributed by atoms with Gasteiger partial charge in [0.15, 0.2) is 0 Å². The van der Waals surface area contributed by atoms with Gasteiger partial charge in [0.25, 0.3) is 10.2 Å². The lowest BCUT2D eigenvalue weighted by Crippen LogP contribution is -2.51. The van der Waals surface area contributed by atoms with Gasteiger partial charge in [-0.2, -0.15) is 17.0 Å². The van der Waals surface area contributed by atoms with Gasteiger partial charge in [-0.3, -0.25) is 0 Å². The van der Waals surface area contributed by atoms with E-state index in [0.29, 0.717) is 19.6 Å². The van der Waals surface area contributed by atoms with E-state index in [1.807, 2.05) is 6.92 Å². The monoisotopic (exact) mass is 304 g/mol. The van der Waals surface area contributed by atoms with Crippen LogP contribution in [0, 0.1) is 5.92 Å². The molecule has 0 radical (unpaired) electrons. The number of aliphatic hydroxyl groups excluding tert-OH is 1. The zero-order valence-corrected chi connectivity index (χ0v) is 13.3. The highest BCUT2D eigenvalue weighted by Crippen LogP contribution is 2.28. The fourth-order valence-electron chi connectivity index (χ4n) is 3.45. The summed E-state index contributed by atoms with van der Waals surface area (Å²) in [6.07, 6.45) is 7.07. The molecule has 0 aromatic rings. The van der Waals surface area contributed by atoms with Gasteiger partial charge in [-0.05, 0) is 31.6 Å². The Bertz CT molecular complexity index is 385. The number of hydrogen-bond donors (Lipinski definition) is 1. The highest BCUT2D eigenvalue weighted by Gasteiger charge is 2.36. The summed E-state index contributed by atoms with van der Waals surface area (Å²) < 4.78 is 28.9. The number of aliphatic hydroxyl groups is 1. The first-order valence-electron chi connectivity index (χ1n) is 7.97. The third-order valence-corrected chi connectivity index (χ3v) is 6.91. The predicted octanol–water partition coefficient (Wildman–Crippen LogP) is 1.59. The van der Waals surface area contributed by atoms with Gasteiger partial charge in [0.05, 0.1) is 0 Å². The largest absolute Gasteiger partial charge is 0.396 e. The lowest BCUT2D eigenvalue weighted by Gasteiger charge is -2.38. The van der Waals surface area contributed by atoms with E-state index in [4.69, 9.17) is 5.11 Å². The molecule has 2 fully saturated rings. The molecule has 118 valence electrons. The highest BCUT2D eigenvalue weighted by molar-refractivity contribution is 7.86. The van der Waals surface area contributed by atoms with Crippen LogP contribution in [0.3, 0.4) is 0 Å². The average Bonchev–Trinajstić information content (AvgIpc) is 2.49. The van der Waals surface area contributed by atoms with Crippen molar-refractivity contribution in [1.29, 1.82) is 0 Å². The van der Waals surface area contributed by atoms with Crippen molar-refractivity contribution in [2.75, 3.05) is 26.2 Å². The lowest BCUT2D eigenvalue weighted by atomic mass is 9.95. The Morgan fingerprint density at radius 2 is 1.70 bits per heavy atom. The van der Waals surface area contributed by atoms with Crippen molar-refractivity contribution >= 4 is 10.2 Å². The third-order valence-electron chi connectivity index (χ3n) is 4.75. The molecule has 0 aromatic heterocycles. The van der Waals surface area contributed by atoms with E-state index in [-0.39, 0.29) is 18.6 Å². The summed E-state index contributed by atoms with van der Waals surface area (Å²) >= 11 is 0. The second-order valence-electron chi connectivity index (χ2n) is 6.03. The van der Waals surface area contributed by atoms with Gasteiger partial charge in [0, 0.05) is 32.3 Å². The maximum absolute atomic E-state index is 12.8. The number of rotatable bonds is 5. The molecule has 1 saturated carbocycles. The molecule has 1 N–H and O–H groups in total. The molecule has 1 saturated heterocycles. The molecule has 2 aliphatic rings. The highest BCUT2D eigenvalue weighted by atomic mass is 32.2. The Kier molecular flexibility index (Phi) is 5.84. The summed E-state index contributed by atoms with van der Waals surface area (Å²) in [5.41, 5.74) is 0. The Labute approximate surface area is 123 Å². The minimum Gasteiger partial charge on any atom is -0.396 e. The lowest BCUT2D eigenvalue weighted by molar-refractivity contribution is 0.161. The van der Waals surface area contributed by atoms with Crippen molar-refractivity contribution in [2.45, 2.75) is 57.9 Å². The molecule has 5 nitrogen and oxygen atoms in total. The van der Waals surface area contributed by atoms with Gasteiger partial charge in [-0.25, -0.2) is 0 Å². The van der Waals surface area contributed by atoms with Crippen molar-refractivity contribution < 1.29 is 13.5 Å². The summed E-state index contributed by atoms with van der Waals surface area (Å²) in [7, 11) is -3.32. The molecule has 20 heavy (non-hydrogen) atoms. The molecular formula is C14H28N2O3S. The maximum atomic E-state index is 12.8. The molecule has 1 aliphatic heterocycles. The summed E-state index contributed by atoms with van der Waals surface area (Å²) in [5, 5.41) is 9.16. The summed E-state index contributed by atoms with van der Waals surface area (Å²) in [6, 6.07) is 0.189. The van der Waals surface area contributed by atoms with Crippen molar-refractivity contribution in [1.82, 2.24) is 8.61 Å². The quantitative estimate of drug-likeness (QED) is 0.839. The van der Waals surface area contributed by atoms with E-state index >= 15 is 0 Å². The summed E-state index contributed by atoms with van der Waals surface area (Å²) in [6.45, 7) is 3.78. The third kappa shape index (κ3) is 3.53. The van der Waals surface area contributed by atoms with Crippen LogP contribution in [0.25, 0.3) is 0 Å². The van der Waals surface area contributed by atoms with E-state index in [1.165, 1.54) is 6.42 Å². The minimum absolute atomic E-state index is 0.175. The molecule has 0 amide bonds.